The second kappa shape index (κ2) is 6.04. The van der Waals surface area contributed by atoms with Crippen LogP contribution in [0.5, 0.6) is 0 Å². The number of hydrogen-bond acceptors (Lipinski definition) is 2. The number of carbonyl (C=O) groups is 1. The first kappa shape index (κ1) is 13.8. The third-order valence-electron chi connectivity index (χ3n) is 2.90. The average Bonchev–Trinajstić information content (AvgIpc) is 2.80. The number of carbonyl (C=O) groups excluding carboxylic acids is 1. The number of benzene rings is 1. The molecule has 0 aromatic heterocycles. The lowest BCUT2D eigenvalue weighted by molar-refractivity contribution is 0.238. The molecular formula is C13H14ClFN2O2. The quantitative estimate of drug-likeness (QED) is 0.747. The Balaban J connectivity index is 1.90. The lowest BCUT2D eigenvalue weighted by atomic mass is 10.1. The summed E-state index contributed by atoms with van der Waals surface area (Å²) in [5.74, 6) is -0.375. The molecular weight excluding hydrogens is 271 g/mol. The van der Waals surface area contributed by atoms with Crippen molar-refractivity contribution >= 4 is 23.3 Å². The van der Waals surface area contributed by atoms with Crippen molar-refractivity contribution in [2.75, 3.05) is 11.9 Å². The molecule has 3 N–H and O–H groups in total. The highest BCUT2D eigenvalue weighted by molar-refractivity contribution is 6.33. The zero-order chi connectivity index (χ0) is 13.8. The maximum Gasteiger partial charge on any atom is 0.319 e. The van der Waals surface area contributed by atoms with Crippen molar-refractivity contribution in [1.82, 2.24) is 5.32 Å². The van der Waals surface area contributed by atoms with E-state index in [1.54, 1.807) is 0 Å². The van der Waals surface area contributed by atoms with Crippen LogP contribution in [0.25, 0.3) is 0 Å². The molecule has 0 saturated heterocycles. The summed E-state index contributed by atoms with van der Waals surface area (Å²) in [7, 11) is 0. The van der Waals surface area contributed by atoms with Gasteiger partial charge in [-0.05, 0) is 24.6 Å². The van der Waals surface area contributed by atoms with Gasteiger partial charge in [0.1, 0.15) is 5.82 Å². The molecule has 2 atom stereocenters. The fourth-order valence-electron chi connectivity index (χ4n) is 1.93. The first-order valence-corrected chi connectivity index (χ1v) is 6.28. The van der Waals surface area contributed by atoms with Crippen molar-refractivity contribution < 1.29 is 14.3 Å². The first-order valence-electron chi connectivity index (χ1n) is 5.90. The summed E-state index contributed by atoms with van der Waals surface area (Å²) in [6.45, 7) is 0.0695. The first-order chi connectivity index (χ1) is 9.08. The topological polar surface area (TPSA) is 61.4 Å². The van der Waals surface area contributed by atoms with Crippen LogP contribution in [0.4, 0.5) is 14.9 Å². The van der Waals surface area contributed by atoms with Gasteiger partial charge in [0.05, 0.1) is 10.7 Å². The largest absolute Gasteiger partial charge is 0.396 e. The Morgan fingerprint density at radius 1 is 1.47 bits per heavy atom. The van der Waals surface area contributed by atoms with Crippen molar-refractivity contribution in [3.63, 3.8) is 0 Å². The van der Waals surface area contributed by atoms with Crippen molar-refractivity contribution in [2.24, 2.45) is 5.92 Å². The van der Waals surface area contributed by atoms with Crippen LogP contribution in [0, 0.1) is 11.7 Å². The summed E-state index contributed by atoms with van der Waals surface area (Å²) in [5, 5.41) is 14.4. The summed E-state index contributed by atoms with van der Waals surface area (Å²) >= 11 is 5.81. The number of hydrogen-bond donors (Lipinski definition) is 3. The van der Waals surface area contributed by atoms with E-state index in [2.05, 4.69) is 10.6 Å². The van der Waals surface area contributed by atoms with E-state index in [1.165, 1.54) is 12.1 Å². The van der Waals surface area contributed by atoms with E-state index in [0.717, 1.165) is 6.07 Å². The molecule has 0 radical (unpaired) electrons. The minimum atomic E-state index is -0.458. The minimum Gasteiger partial charge on any atom is -0.396 e. The average molecular weight is 285 g/mol. The Kier molecular flexibility index (Phi) is 4.39. The van der Waals surface area contributed by atoms with Gasteiger partial charge in [0.25, 0.3) is 0 Å². The molecule has 0 aliphatic heterocycles. The molecule has 2 amide bonds. The number of aliphatic hydroxyl groups is 1. The standard InChI is InChI=1S/C13H14ClFN2O2/c14-11-6-9(15)2-4-12(11)17-13(19)16-10-3-1-8(5-10)7-18/h1-4,6,8,10,18H,5,7H2,(H2,16,17,19)/t8-,10+/m0/s1. The van der Waals surface area contributed by atoms with Crippen LogP contribution >= 0.6 is 11.6 Å². The number of urea groups is 1. The highest BCUT2D eigenvalue weighted by Crippen LogP contribution is 2.22. The van der Waals surface area contributed by atoms with Crippen molar-refractivity contribution in [3.8, 4) is 0 Å². The summed E-state index contributed by atoms with van der Waals surface area (Å²) in [4.78, 5) is 11.7. The van der Waals surface area contributed by atoms with Crippen LogP contribution in [0.3, 0.4) is 0 Å². The summed E-state index contributed by atoms with van der Waals surface area (Å²) in [6.07, 6.45) is 4.38. The zero-order valence-electron chi connectivity index (χ0n) is 10.1. The van der Waals surface area contributed by atoms with Crippen LogP contribution < -0.4 is 10.6 Å². The van der Waals surface area contributed by atoms with Gasteiger partial charge < -0.3 is 15.7 Å². The number of nitrogens with one attached hydrogen (secondary N) is 2. The SMILES string of the molecule is O=C(Nc1ccc(F)cc1Cl)N[C@@H]1C=C[C@H](CO)C1. The van der Waals surface area contributed by atoms with E-state index in [0.29, 0.717) is 12.1 Å². The van der Waals surface area contributed by atoms with Crippen molar-refractivity contribution in [3.05, 3.63) is 41.2 Å². The molecule has 1 aromatic rings. The van der Waals surface area contributed by atoms with Crippen molar-refractivity contribution in [2.45, 2.75) is 12.5 Å². The van der Waals surface area contributed by atoms with Crippen LogP contribution in [0.15, 0.2) is 30.4 Å². The summed E-state index contributed by atoms with van der Waals surface area (Å²) < 4.78 is 12.8. The van der Waals surface area contributed by atoms with Crippen LogP contribution in [0.1, 0.15) is 6.42 Å². The van der Waals surface area contributed by atoms with E-state index < -0.39 is 11.8 Å². The molecule has 1 aromatic carbocycles. The van der Waals surface area contributed by atoms with Gasteiger partial charge in [-0.25, -0.2) is 9.18 Å². The van der Waals surface area contributed by atoms with Gasteiger partial charge in [-0.15, -0.1) is 0 Å². The van der Waals surface area contributed by atoms with Gasteiger partial charge in [-0.1, -0.05) is 23.8 Å². The molecule has 2 rings (SSSR count). The number of aliphatic hydroxyl groups excluding tert-OH is 1. The van der Waals surface area contributed by atoms with E-state index in [1.807, 2.05) is 12.2 Å². The molecule has 0 unspecified atom stereocenters. The van der Waals surface area contributed by atoms with Crippen LogP contribution in [0.2, 0.25) is 5.02 Å². The Morgan fingerprint density at radius 2 is 2.26 bits per heavy atom. The van der Waals surface area contributed by atoms with E-state index >= 15 is 0 Å². The molecule has 102 valence electrons. The molecule has 0 bridgehead atoms. The Labute approximate surface area is 115 Å². The third-order valence-corrected chi connectivity index (χ3v) is 3.22. The van der Waals surface area contributed by atoms with Gasteiger partial charge in [0.2, 0.25) is 0 Å². The zero-order valence-corrected chi connectivity index (χ0v) is 10.8. The highest BCUT2D eigenvalue weighted by Gasteiger charge is 2.19. The molecule has 19 heavy (non-hydrogen) atoms. The molecule has 1 aliphatic carbocycles. The summed E-state index contributed by atoms with van der Waals surface area (Å²) in [5.41, 5.74) is 0.348. The van der Waals surface area contributed by atoms with Gasteiger partial charge in [-0.2, -0.15) is 0 Å². The van der Waals surface area contributed by atoms with Gasteiger partial charge >= 0.3 is 6.03 Å². The van der Waals surface area contributed by atoms with Gasteiger partial charge in [0, 0.05) is 18.6 Å². The maximum absolute atomic E-state index is 12.8. The van der Waals surface area contributed by atoms with E-state index in [4.69, 9.17) is 16.7 Å². The Hall–Kier alpha value is -1.59. The minimum absolute atomic E-state index is 0.0695. The van der Waals surface area contributed by atoms with Crippen molar-refractivity contribution in [1.29, 1.82) is 0 Å². The van der Waals surface area contributed by atoms with Gasteiger partial charge in [-0.3, -0.25) is 0 Å². The predicted octanol–water partition coefficient (Wildman–Crippen LogP) is 2.54. The normalized spacial score (nSPS) is 21.4. The predicted molar refractivity (Wildman–Crippen MR) is 71.7 cm³/mol. The lowest BCUT2D eigenvalue weighted by Crippen LogP contribution is -2.36. The number of rotatable bonds is 3. The maximum atomic E-state index is 12.8. The molecule has 0 spiro atoms. The molecule has 0 fully saturated rings. The monoisotopic (exact) mass is 284 g/mol. The molecule has 1 aliphatic rings. The third kappa shape index (κ3) is 3.68. The lowest BCUT2D eigenvalue weighted by Gasteiger charge is -2.14. The molecule has 0 heterocycles. The summed E-state index contributed by atoms with van der Waals surface area (Å²) in [6, 6.07) is 3.23. The molecule has 6 heteroatoms. The number of halogens is 2. The molecule has 4 nitrogen and oxygen atoms in total. The number of amides is 2. The highest BCUT2D eigenvalue weighted by atomic mass is 35.5. The second-order valence-electron chi connectivity index (χ2n) is 4.39. The van der Waals surface area contributed by atoms with E-state index in [-0.39, 0.29) is 23.6 Å². The van der Waals surface area contributed by atoms with Gasteiger partial charge in [0.15, 0.2) is 0 Å². The fourth-order valence-corrected chi connectivity index (χ4v) is 2.15. The Bertz CT molecular complexity index is 507. The Morgan fingerprint density at radius 3 is 2.89 bits per heavy atom. The second-order valence-corrected chi connectivity index (χ2v) is 4.80. The number of anilines is 1. The van der Waals surface area contributed by atoms with E-state index in [9.17, 15) is 9.18 Å². The fraction of sp³-hybridized carbons (Fsp3) is 0.308. The van der Waals surface area contributed by atoms with Crippen LogP contribution in [-0.2, 0) is 0 Å². The smallest absolute Gasteiger partial charge is 0.319 e. The molecule has 0 saturated carbocycles. The van der Waals surface area contributed by atoms with Crippen LogP contribution in [-0.4, -0.2) is 23.8 Å².